The van der Waals surface area contributed by atoms with Crippen LogP contribution in [0.5, 0.6) is 0 Å². The number of likely N-dealkylation sites (tertiary alicyclic amines) is 1. The Morgan fingerprint density at radius 1 is 1.63 bits per heavy atom. The van der Waals surface area contributed by atoms with Crippen molar-refractivity contribution in [2.45, 2.75) is 32.4 Å². The Bertz CT molecular complexity index is 417. The van der Waals surface area contributed by atoms with Gasteiger partial charge < -0.3 is 15.6 Å². The van der Waals surface area contributed by atoms with Gasteiger partial charge in [-0.1, -0.05) is 6.92 Å². The number of hydrogen-bond donors (Lipinski definition) is 2. The molecule has 6 heteroatoms. The Morgan fingerprint density at radius 3 is 3.21 bits per heavy atom. The van der Waals surface area contributed by atoms with E-state index in [2.05, 4.69) is 22.1 Å². The van der Waals surface area contributed by atoms with Crippen LogP contribution in [0, 0.1) is 0 Å². The van der Waals surface area contributed by atoms with Crippen molar-refractivity contribution in [2.24, 2.45) is 5.73 Å². The number of nitrogens with two attached hydrogens (primary N) is 1. The SMILES string of the molecule is CCN1CCCC1CNC(=O)c1cn(CCN)cn1. The minimum absolute atomic E-state index is 0.0984. The molecule has 1 unspecified atom stereocenters. The van der Waals surface area contributed by atoms with Gasteiger partial charge >= 0.3 is 0 Å². The normalized spacial score (nSPS) is 19.8. The fourth-order valence-corrected chi connectivity index (χ4v) is 2.59. The maximum atomic E-state index is 12.0. The summed E-state index contributed by atoms with van der Waals surface area (Å²) in [5, 5.41) is 2.97. The lowest BCUT2D eigenvalue weighted by atomic mass is 10.2. The van der Waals surface area contributed by atoms with Crippen molar-refractivity contribution in [3.05, 3.63) is 18.2 Å². The van der Waals surface area contributed by atoms with E-state index in [9.17, 15) is 4.79 Å². The number of rotatable bonds is 6. The van der Waals surface area contributed by atoms with E-state index in [1.807, 2.05) is 4.57 Å². The average molecular weight is 265 g/mol. The van der Waals surface area contributed by atoms with Crippen LogP contribution in [-0.2, 0) is 6.54 Å². The van der Waals surface area contributed by atoms with Gasteiger partial charge in [-0.15, -0.1) is 0 Å². The molecule has 0 bridgehead atoms. The third kappa shape index (κ3) is 3.54. The Labute approximate surface area is 114 Å². The number of nitrogens with one attached hydrogen (secondary N) is 1. The fraction of sp³-hybridized carbons (Fsp3) is 0.692. The number of imidazole rings is 1. The Kier molecular flexibility index (Phi) is 4.93. The van der Waals surface area contributed by atoms with E-state index in [1.54, 1.807) is 12.5 Å². The molecule has 1 aliphatic rings. The topological polar surface area (TPSA) is 76.2 Å². The number of amides is 1. The van der Waals surface area contributed by atoms with Crippen LogP contribution in [-0.4, -0.2) is 52.6 Å². The van der Waals surface area contributed by atoms with Crippen molar-refractivity contribution in [3.63, 3.8) is 0 Å². The van der Waals surface area contributed by atoms with E-state index < -0.39 is 0 Å². The smallest absolute Gasteiger partial charge is 0.271 e. The van der Waals surface area contributed by atoms with E-state index in [0.717, 1.165) is 19.5 Å². The van der Waals surface area contributed by atoms with Gasteiger partial charge in [0.2, 0.25) is 0 Å². The maximum absolute atomic E-state index is 12.0. The van der Waals surface area contributed by atoms with Gasteiger partial charge in [0, 0.05) is 31.9 Å². The Morgan fingerprint density at radius 2 is 2.47 bits per heavy atom. The summed E-state index contributed by atoms with van der Waals surface area (Å²) in [4.78, 5) is 18.5. The zero-order valence-corrected chi connectivity index (χ0v) is 11.5. The summed E-state index contributed by atoms with van der Waals surface area (Å²) in [7, 11) is 0. The second kappa shape index (κ2) is 6.68. The summed E-state index contributed by atoms with van der Waals surface area (Å²) in [6.07, 6.45) is 5.78. The molecule has 0 spiro atoms. The molecule has 1 saturated heterocycles. The molecule has 1 atom stereocenters. The van der Waals surface area contributed by atoms with Crippen molar-refractivity contribution in [1.29, 1.82) is 0 Å². The van der Waals surface area contributed by atoms with E-state index in [1.165, 1.54) is 6.42 Å². The van der Waals surface area contributed by atoms with E-state index >= 15 is 0 Å². The molecule has 0 radical (unpaired) electrons. The molecule has 106 valence electrons. The van der Waals surface area contributed by atoms with Crippen molar-refractivity contribution in [1.82, 2.24) is 19.8 Å². The number of carbonyl (C=O) groups is 1. The first-order chi connectivity index (χ1) is 9.24. The van der Waals surface area contributed by atoms with Crippen LogP contribution in [0.1, 0.15) is 30.3 Å². The number of carbonyl (C=O) groups excluding carboxylic acids is 1. The fourth-order valence-electron chi connectivity index (χ4n) is 2.59. The van der Waals surface area contributed by atoms with Crippen LogP contribution in [0.3, 0.4) is 0 Å². The summed E-state index contributed by atoms with van der Waals surface area (Å²) < 4.78 is 1.84. The highest BCUT2D eigenvalue weighted by Crippen LogP contribution is 2.15. The standard InChI is InChI=1S/C13H23N5O/c1-2-18-6-3-4-11(18)8-15-13(19)12-9-17(7-5-14)10-16-12/h9-11H,2-8,14H2,1H3,(H,15,19). The van der Waals surface area contributed by atoms with E-state index in [0.29, 0.717) is 31.4 Å². The lowest BCUT2D eigenvalue weighted by Crippen LogP contribution is -2.40. The molecule has 1 aromatic rings. The van der Waals surface area contributed by atoms with E-state index in [-0.39, 0.29) is 5.91 Å². The van der Waals surface area contributed by atoms with Crippen molar-refractivity contribution in [3.8, 4) is 0 Å². The van der Waals surface area contributed by atoms with Crippen molar-refractivity contribution in [2.75, 3.05) is 26.2 Å². The van der Waals surface area contributed by atoms with Gasteiger partial charge in [0.15, 0.2) is 0 Å². The predicted molar refractivity (Wildman–Crippen MR) is 73.9 cm³/mol. The Balaban J connectivity index is 1.83. The van der Waals surface area contributed by atoms with Crippen LogP contribution in [0.15, 0.2) is 12.5 Å². The van der Waals surface area contributed by atoms with Crippen LogP contribution in [0.25, 0.3) is 0 Å². The van der Waals surface area contributed by atoms with Gasteiger partial charge in [-0.2, -0.15) is 0 Å². The summed E-state index contributed by atoms with van der Waals surface area (Å²) in [5.74, 6) is -0.0984. The van der Waals surface area contributed by atoms with Crippen LogP contribution < -0.4 is 11.1 Å². The summed E-state index contributed by atoms with van der Waals surface area (Å²) in [6, 6.07) is 0.472. The molecule has 1 aromatic heterocycles. The van der Waals surface area contributed by atoms with Crippen LogP contribution in [0.2, 0.25) is 0 Å². The quantitative estimate of drug-likeness (QED) is 0.762. The third-order valence-corrected chi connectivity index (χ3v) is 3.66. The molecule has 19 heavy (non-hydrogen) atoms. The first-order valence-corrected chi connectivity index (χ1v) is 6.98. The molecule has 0 saturated carbocycles. The number of hydrogen-bond acceptors (Lipinski definition) is 4. The van der Waals surface area contributed by atoms with E-state index in [4.69, 9.17) is 5.73 Å². The second-order valence-electron chi connectivity index (χ2n) is 4.92. The number of nitrogens with zero attached hydrogens (tertiary/aromatic N) is 3. The molecular weight excluding hydrogens is 242 g/mol. The molecule has 0 aliphatic carbocycles. The highest BCUT2D eigenvalue weighted by atomic mass is 16.1. The lowest BCUT2D eigenvalue weighted by Gasteiger charge is -2.22. The molecular formula is C13H23N5O. The molecule has 6 nitrogen and oxygen atoms in total. The predicted octanol–water partition coefficient (Wildman–Crippen LogP) is 0.0559. The first-order valence-electron chi connectivity index (χ1n) is 6.98. The molecule has 2 heterocycles. The second-order valence-corrected chi connectivity index (χ2v) is 4.92. The molecule has 0 aromatic carbocycles. The zero-order valence-electron chi connectivity index (χ0n) is 11.5. The summed E-state index contributed by atoms with van der Waals surface area (Å²) >= 11 is 0. The molecule has 1 fully saturated rings. The third-order valence-electron chi connectivity index (χ3n) is 3.66. The average Bonchev–Trinajstić information content (AvgIpc) is 3.04. The van der Waals surface area contributed by atoms with Crippen molar-refractivity contribution < 1.29 is 4.79 Å². The lowest BCUT2D eigenvalue weighted by molar-refractivity contribution is 0.0936. The minimum atomic E-state index is -0.0984. The van der Waals surface area contributed by atoms with Gasteiger partial charge in [-0.25, -0.2) is 4.98 Å². The largest absolute Gasteiger partial charge is 0.349 e. The van der Waals surface area contributed by atoms with Gasteiger partial charge in [-0.05, 0) is 25.9 Å². The molecule has 3 N–H and O–H groups in total. The molecule has 1 amide bonds. The zero-order chi connectivity index (χ0) is 13.7. The maximum Gasteiger partial charge on any atom is 0.271 e. The van der Waals surface area contributed by atoms with Crippen LogP contribution in [0.4, 0.5) is 0 Å². The monoisotopic (exact) mass is 265 g/mol. The Hall–Kier alpha value is -1.40. The number of likely N-dealkylation sites (N-methyl/N-ethyl adjacent to an activating group) is 1. The van der Waals surface area contributed by atoms with Crippen LogP contribution >= 0.6 is 0 Å². The van der Waals surface area contributed by atoms with Gasteiger partial charge in [0.25, 0.3) is 5.91 Å². The summed E-state index contributed by atoms with van der Waals surface area (Å²) in [5.41, 5.74) is 5.93. The highest BCUT2D eigenvalue weighted by molar-refractivity contribution is 5.92. The summed E-state index contributed by atoms with van der Waals surface area (Å²) in [6.45, 7) is 6.29. The molecule has 2 rings (SSSR count). The van der Waals surface area contributed by atoms with Crippen molar-refractivity contribution >= 4 is 5.91 Å². The molecule has 1 aliphatic heterocycles. The first kappa shape index (κ1) is 14.0. The van der Waals surface area contributed by atoms with Gasteiger partial charge in [-0.3, -0.25) is 9.69 Å². The minimum Gasteiger partial charge on any atom is -0.349 e. The van der Waals surface area contributed by atoms with Gasteiger partial charge in [0.1, 0.15) is 5.69 Å². The highest BCUT2D eigenvalue weighted by Gasteiger charge is 2.23. The number of aromatic nitrogens is 2. The van der Waals surface area contributed by atoms with Gasteiger partial charge in [0.05, 0.1) is 6.33 Å².